The van der Waals surface area contributed by atoms with E-state index >= 15 is 0 Å². The summed E-state index contributed by atoms with van der Waals surface area (Å²) in [5.74, 6) is -0.489. The highest BCUT2D eigenvalue weighted by Crippen LogP contribution is 2.25. The maximum absolute atomic E-state index is 13.2. The first-order chi connectivity index (χ1) is 13.2. The first kappa shape index (κ1) is 19.4. The molecule has 1 aliphatic carbocycles. The van der Waals surface area contributed by atoms with Crippen molar-refractivity contribution in [2.45, 2.75) is 37.8 Å². The minimum Gasteiger partial charge on any atom is -0.383 e. The number of carbonyl (C=O) groups is 2. The highest BCUT2D eigenvalue weighted by molar-refractivity contribution is 7.03. The largest absolute Gasteiger partial charge is 0.383 e. The summed E-state index contributed by atoms with van der Waals surface area (Å²) in [6, 6.07) is 8.79. The van der Waals surface area contributed by atoms with Crippen LogP contribution in [0.4, 0.5) is 0 Å². The Morgan fingerprint density at radius 2 is 2.04 bits per heavy atom. The molecule has 0 saturated heterocycles. The van der Waals surface area contributed by atoms with Gasteiger partial charge in [0.25, 0.3) is 5.91 Å². The average Bonchev–Trinajstić information content (AvgIpc) is 3.39. The molecule has 3 rings (SSSR count). The molecule has 1 heterocycles. The summed E-state index contributed by atoms with van der Waals surface area (Å²) in [5, 5.41) is 8.61. The van der Waals surface area contributed by atoms with Crippen LogP contribution in [-0.4, -0.2) is 52.6 Å². The summed E-state index contributed by atoms with van der Waals surface area (Å²) in [6.45, 7) is 0.605. The first-order valence-corrected chi connectivity index (χ1v) is 9.96. The van der Waals surface area contributed by atoms with Crippen LogP contribution in [0.5, 0.6) is 0 Å². The van der Waals surface area contributed by atoms with E-state index in [4.69, 9.17) is 4.74 Å². The Morgan fingerprint density at radius 3 is 2.67 bits per heavy atom. The Hall–Kier alpha value is -2.32. The summed E-state index contributed by atoms with van der Waals surface area (Å²) in [6.07, 6.45) is 4.21. The smallest absolute Gasteiger partial charge is 0.276 e. The highest BCUT2D eigenvalue weighted by atomic mass is 32.1. The number of aromatic nitrogens is 2. The van der Waals surface area contributed by atoms with Gasteiger partial charge in [0.1, 0.15) is 6.04 Å². The van der Waals surface area contributed by atoms with Gasteiger partial charge in [-0.05, 0) is 29.9 Å². The minimum atomic E-state index is -0.740. The quantitative estimate of drug-likeness (QED) is 0.751. The van der Waals surface area contributed by atoms with E-state index in [0.29, 0.717) is 6.61 Å². The zero-order valence-corrected chi connectivity index (χ0v) is 16.2. The van der Waals surface area contributed by atoms with Gasteiger partial charge in [-0.2, -0.15) is 0 Å². The average molecular weight is 388 g/mol. The lowest BCUT2D eigenvalue weighted by molar-refractivity contribution is -0.126. The summed E-state index contributed by atoms with van der Waals surface area (Å²) in [4.78, 5) is 27.8. The monoisotopic (exact) mass is 388 g/mol. The predicted octanol–water partition coefficient (Wildman–Crippen LogP) is 2.43. The van der Waals surface area contributed by atoms with E-state index in [0.717, 1.165) is 42.8 Å². The third-order valence-electron chi connectivity index (χ3n) is 4.75. The van der Waals surface area contributed by atoms with E-state index in [1.54, 1.807) is 12.5 Å². The van der Waals surface area contributed by atoms with Crippen molar-refractivity contribution in [1.82, 2.24) is 19.8 Å². The molecule has 1 aliphatic rings. The van der Waals surface area contributed by atoms with Crippen molar-refractivity contribution < 1.29 is 14.3 Å². The Balaban J connectivity index is 1.91. The third-order valence-corrected chi connectivity index (χ3v) is 5.26. The van der Waals surface area contributed by atoms with Gasteiger partial charge in [0, 0.05) is 25.1 Å². The second-order valence-corrected chi connectivity index (χ2v) is 7.19. The van der Waals surface area contributed by atoms with Crippen LogP contribution in [0.1, 0.15) is 47.8 Å². The first-order valence-electron chi connectivity index (χ1n) is 9.13. The van der Waals surface area contributed by atoms with Crippen molar-refractivity contribution >= 4 is 23.3 Å². The Labute approximate surface area is 162 Å². The molecule has 1 fully saturated rings. The molecule has 1 atom stereocenters. The Morgan fingerprint density at radius 1 is 1.30 bits per heavy atom. The summed E-state index contributed by atoms with van der Waals surface area (Å²) < 4.78 is 8.96. The lowest BCUT2D eigenvalue weighted by Crippen LogP contribution is -2.47. The Bertz CT molecular complexity index is 733. The topological polar surface area (TPSA) is 84.4 Å². The summed E-state index contributed by atoms with van der Waals surface area (Å²) in [7, 11) is 1.57. The normalized spacial score (nSPS) is 15.4. The van der Waals surface area contributed by atoms with Crippen LogP contribution in [0.3, 0.4) is 0 Å². The van der Waals surface area contributed by atoms with E-state index in [-0.39, 0.29) is 30.1 Å². The fraction of sp³-hybridized carbons (Fsp3) is 0.474. The van der Waals surface area contributed by atoms with Crippen molar-refractivity contribution in [2.24, 2.45) is 0 Å². The predicted molar refractivity (Wildman–Crippen MR) is 102 cm³/mol. The molecule has 8 heteroatoms. The van der Waals surface area contributed by atoms with Gasteiger partial charge < -0.3 is 15.0 Å². The molecule has 0 aliphatic heterocycles. The Kier molecular flexibility index (Phi) is 6.89. The molecule has 0 unspecified atom stereocenters. The number of carbonyl (C=O) groups excluding carboxylic acids is 2. The van der Waals surface area contributed by atoms with Crippen molar-refractivity contribution in [3.8, 4) is 0 Å². The second kappa shape index (κ2) is 9.57. The van der Waals surface area contributed by atoms with E-state index in [1.807, 2.05) is 30.3 Å². The van der Waals surface area contributed by atoms with Gasteiger partial charge in [-0.3, -0.25) is 9.59 Å². The number of nitrogens with one attached hydrogen (secondary N) is 1. The van der Waals surface area contributed by atoms with E-state index in [1.165, 1.54) is 4.90 Å². The van der Waals surface area contributed by atoms with Gasteiger partial charge in [-0.15, -0.1) is 5.10 Å². The molecule has 1 saturated carbocycles. The van der Waals surface area contributed by atoms with E-state index in [2.05, 4.69) is 14.9 Å². The van der Waals surface area contributed by atoms with Crippen molar-refractivity contribution in [1.29, 1.82) is 0 Å². The maximum atomic E-state index is 13.2. The van der Waals surface area contributed by atoms with Gasteiger partial charge in [-0.25, -0.2) is 0 Å². The standard InChI is InChI=1S/C19H24N4O3S/c1-26-12-11-23(19(25)16-13-27-22-21-16)17(14-7-3-2-4-8-14)18(24)20-15-9-5-6-10-15/h2-4,7-8,13,15,17H,5-6,9-12H2,1H3,(H,20,24)/t17-/m1/s1. The number of hydrogen-bond donors (Lipinski definition) is 1. The maximum Gasteiger partial charge on any atom is 0.276 e. The fourth-order valence-electron chi connectivity index (χ4n) is 3.40. The molecule has 1 aromatic carbocycles. The molecule has 2 aromatic rings. The van der Waals surface area contributed by atoms with Crippen molar-refractivity contribution in [3.05, 3.63) is 47.0 Å². The highest BCUT2D eigenvalue weighted by Gasteiger charge is 2.34. The molecule has 0 radical (unpaired) electrons. The van der Waals surface area contributed by atoms with Gasteiger partial charge in [0.15, 0.2) is 5.69 Å². The number of hydrogen-bond acceptors (Lipinski definition) is 6. The fourth-order valence-corrected chi connectivity index (χ4v) is 3.83. The van der Waals surface area contributed by atoms with Gasteiger partial charge in [-0.1, -0.05) is 47.7 Å². The number of methoxy groups -OCH3 is 1. The van der Waals surface area contributed by atoms with Crippen LogP contribution >= 0.6 is 11.5 Å². The molecule has 1 aromatic heterocycles. The SMILES string of the molecule is COCCN(C(=O)c1csnn1)[C@@H](C(=O)NC1CCCC1)c1ccccc1. The van der Waals surface area contributed by atoms with Crippen LogP contribution in [0.15, 0.2) is 35.7 Å². The lowest BCUT2D eigenvalue weighted by atomic mass is 10.0. The number of rotatable bonds is 8. The molecular weight excluding hydrogens is 364 g/mol. The van der Waals surface area contributed by atoms with Gasteiger partial charge >= 0.3 is 0 Å². The van der Waals surface area contributed by atoms with Crippen LogP contribution in [0, 0.1) is 0 Å². The zero-order valence-electron chi connectivity index (χ0n) is 15.3. The number of ether oxygens (including phenoxy) is 1. The second-order valence-electron chi connectivity index (χ2n) is 6.58. The number of nitrogens with zero attached hydrogens (tertiary/aromatic N) is 3. The number of benzene rings is 1. The third kappa shape index (κ3) is 4.90. The molecule has 144 valence electrons. The van der Waals surface area contributed by atoms with Crippen LogP contribution in [0.2, 0.25) is 0 Å². The summed E-state index contributed by atoms with van der Waals surface area (Å²) >= 11 is 1.11. The van der Waals surface area contributed by atoms with Crippen molar-refractivity contribution in [2.75, 3.05) is 20.3 Å². The van der Waals surface area contributed by atoms with Crippen molar-refractivity contribution in [3.63, 3.8) is 0 Å². The van der Waals surface area contributed by atoms with Crippen LogP contribution in [0.25, 0.3) is 0 Å². The summed E-state index contributed by atoms with van der Waals surface area (Å²) in [5.41, 5.74) is 1.01. The minimum absolute atomic E-state index is 0.166. The molecule has 2 amide bonds. The van der Waals surface area contributed by atoms with E-state index < -0.39 is 6.04 Å². The molecular formula is C19H24N4O3S. The zero-order chi connectivity index (χ0) is 19.1. The molecule has 7 nitrogen and oxygen atoms in total. The molecule has 27 heavy (non-hydrogen) atoms. The molecule has 1 N–H and O–H groups in total. The van der Waals surface area contributed by atoms with Gasteiger partial charge in [0.2, 0.25) is 5.91 Å². The van der Waals surface area contributed by atoms with E-state index in [9.17, 15) is 9.59 Å². The van der Waals surface area contributed by atoms with Crippen LogP contribution in [-0.2, 0) is 9.53 Å². The van der Waals surface area contributed by atoms with Gasteiger partial charge in [0.05, 0.1) is 6.61 Å². The molecule has 0 spiro atoms. The number of amides is 2. The van der Waals surface area contributed by atoms with Crippen LogP contribution < -0.4 is 5.32 Å². The lowest BCUT2D eigenvalue weighted by Gasteiger charge is -2.31. The molecule has 0 bridgehead atoms.